The van der Waals surface area contributed by atoms with Crippen molar-refractivity contribution in [3.8, 4) is 0 Å². The first-order chi connectivity index (χ1) is 13.5. The van der Waals surface area contributed by atoms with Crippen LogP contribution >= 0.6 is 0 Å². The number of hydrogen-bond donors (Lipinski definition) is 0. The molecule has 8 heteroatoms. The van der Waals surface area contributed by atoms with E-state index in [0.717, 1.165) is 16.5 Å². The van der Waals surface area contributed by atoms with Crippen molar-refractivity contribution in [2.24, 2.45) is 0 Å². The van der Waals surface area contributed by atoms with Gasteiger partial charge in [0.15, 0.2) is 0 Å². The van der Waals surface area contributed by atoms with Crippen LogP contribution in [0.3, 0.4) is 0 Å². The molecule has 0 saturated carbocycles. The minimum Gasteiger partial charge on any atom is -0.464 e. The standard InChI is InChI=1S/C20H17N3O4S/c24-20(15-2-1-6-21-9-15)22-10-16-12-23(13-17(16)11-22)28(25,26)18-3-4-19-14(8-18)5-7-27-19/h1-9H,10-13H2. The lowest BCUT2D eigenvalue weighted by atomic mass is 10.2. The molecule has 0 atom stereocenters. The first-order valence-electron chi connectivity index (χ1n) is 8.89. The Labute approximate surface area is 161 Å². The van der Waals surface area contributed by atoms with Crippen molar-refractivity contribution in [2.75, 3.05) is 26.2 Å². The predicted octanol–water partition coefficient (Wildman–Crippen LogP) is 2.28. The molecule has 142 valence electrons. The third kappa shape index (κ3) is 2.73. The molecule has 5 rings (SSSR count). The number of benzene rings is 1. The fraction of sp³-hybridized carbons (Fsp3) is 0.200. The zero-order valence-corrected chi connectivity index (χ0v) is 15.7. The van der Waals surface area contributed by atoms with Crippen LogP contribution in [-0.2, 0) is 10.0 Å². The second kappa shape index (κ2) is 6.29. The van der Waals surface area contributed by atoms with Gasteiger partial charge >= 0.3 is 0 Å². The lowest BCUT2D eigenvalue weighted by Crippen LogP contribution is -2.36. The summed E-state index contributed by atoms with van der Waals surface area (Å²) in [7, 11) is -3.60. The van der Waals surface area contributed by atoms with Gasteiger partial charge in [0.05, 0.1) is 16.7 Å². The number of carbonyl (C=O) groups is 1. The Kier molecular flexibility index (Phi) is 3.85. The van der Waals surface area contributed by atoms with Crippen molar-refractivity contribution >= 4 is 26.9 Å². The smallest absolute Gasteiger partial charge is 0.256 e. The van der Waals surface area contributed by atoms with Crippen molar-refractivity contribution in [3.63, 3.8) is 0 Å². The van der Waals surface area contributed by atoms with Crippen LogP contribution in [0.1, 0.15) is 10.4 Å². The van der Waals surface area contributed by atoms with Crippen molar-refractivity contribution < 1.29 is 17.6 Å². The number of sulfonamides is 1. The van der Waals surface area contributed by atoms with Gasteiger partial charge in [-0.15, -0.1) is 0 Å². The molecule has 0 fully saturated rings. The lowest BCUT2D eigenvalue weighted by molar-refractivity contribution is 0.0792. The van der Waals surface area contributed by atoms with Crippen LogP contribution in [0.5, 0.6) is 0 Å². The van der Waals surface area contributed by atoms with E-state index >= 15 is 0 Å². The zero-order chi connectivity index (χ0) is 19.3. The topological polar surface area (TPSA) is 83.7 Å². The highest BCUT2D eigenvalue weighted by Gasteiger charge is 2.37. The zero-order valence-electron chi connectivity index (χ0n) is 14.9. The van der Waals surface area contributed by atoms with E-state index < -0.39 is 10.0 Å². The van der Waals surface area contributed by atoms with Gasteiger partial charge in [0, 0.05) is 44.0 Å². The van der Waals surface area contributed by atoms with E-state index in [-0.39, 0.29) is 10.8 Å². The summed E-state index contributed by atoms with van der Waals surface area (Å²) in [4.78, 5) is 18.6. The largest absolute Gasteiger partial charge is 0.464 e. The molecule has 0 N–H and O–H groups in total. The molecule has 0 aliphatic carbocycles. The highest BCUT2D eigenvalue weighted by Crippen LogP contribution is 2.31. The van der Waals surface area contributed by atoms with Gasteiger partial charge in [-0.1, -0.05) is 0 Å². The molecule has 7 nitrogen and oxygen atoms in total. The van der Waals surface area contributed by atoms with Crippen LogP contribution in [-0.4, -0.2) is 54.7 Å². The second-order valence-electron chi connectivity index (χ2n) is 7.00. The molecule has 2 aliphatic heterocycles. The summed E-state index contributed by atoms with van der Waals surface area (Å²) >= 11 is 0. The molecule has 0 spiro atoms. The summed E-state index contributed by atoms with van der Waals surface area (Å²) in [5.74, 6) is -0.0812. The number of aromatic nitrogens is 1. The second-order valence-corrected chi connectivity index (χ2v) is 8.94. The molecule has 1 aromatic carbocycles. The van der Waals surface area contributed by atoms with E-state index in [9.17, 15) is 13.2 Å². The molecule has 2 aromatic heterocycles. The molecular weight excluding hydrogens is 378 g/mol. The molecule has 28 heavy (non-hydrogen) atoms. The van der Waals surface area contributed by atoms with Crippen molar-refractivity contribution in [1.29, 1.82) is 0 Å². The van der Waals surface area contributed by atoms with E-state index in [2.05, 4.69) is 4.98 Å². The number of carbonyl (C=O) groups excluding carboxylic acids is 1. The lowest BCUT2D eigenvalue weighted by Gasteiger charge is -2.22. The molecule has 0 unspecified atom stereocenters. The summed E-state index contributed by atoms with van der Waals surface area (Å²) in [6, 6.07) is 10.1. The van der Waals surface area contributed by atoms with Gasteiger partial charge in [0.25, 0.3) is 5.91 Å². The third-order valence-corrected chi connectivity index (χ3v) is 7.04. The van der Waals surface area contributed by atoms with Crippen molar-refractivity contribution in [3.05, 3.63) is 71.8 Å². The van der Waals surface area contributed by atoms with Gasteiger partial charge < -0.3 is 9.32 Å². The molecule has 1 amide bonds. The van der Waals surface area contributed by atoms with E-state index in [0.29, 0.717) is 37.3 Å². The van der Waals surface area contributed by atoms with Crippen LogP contribution in [0, 0.1) is 0 Å². The van der Waals surface area contributed by atoms with Gasteiger partial charge in [-0.3, -0.25) is 9.78 Å². The normalized spacial score (nSPS) is 17.5. The summed E-state index contributed by atoms with van der Waals surface area (Å²) in [6.45, 7) is 1.54. The number of rotatable bonds is 3. The molecule has 0 radical (unpaired) electrons. The Bertz CT molecular complexity index is 1200. The first kappa shape index (κ1) is 17.2. The quantitative estimate of drug-likeness (QED) is 0.636. The Balaban J connectivity index is 1.32. The summed E-state index contributed by atoms with van der Waals surface area (Å²) in [5, 5.41) is 0.758. The highest BCUT2D eigenvalue weighted by atomic mass is 32.2. The summed E-state index contributed by atoms with van der Waals surface area (Å²) in [5.41, 5.74) is 3.21. The molecule has 0 bridgehead atoms. The summed E-state index contributed by atoms with van der Waals surface area (Å²) < 4.78 is 32.9. The Morgan fingerprint density at radius 1 is 1.04 bits per heavy atom. The maximum Gasteiger partial charge on any atom is 0.256 e. The maximum atomic E-state index is 13.0. The molecule has 0 saturated heterocycles. The molecule has 3 aromatic rings. The van der Waals surface area contributed by atoms with Crippen molar-refractivity contribution in [1.82, 2.24) is 14.2 Å². The van der Waals surface area contributed by atoms with Gasteiger partial charge in [-0.05, 0) is 47.5 Å². The first-order valence-corrected chi connectivity index (χ1v) is 10.3. The van der Waals surface area contributed by atoms with Crippen LogP contribution in [0.2, 0.25) is 0 Å². The maximum absolute atomic E-state index is 13.0. The highest BCUT2D eigenvalue weighted by molar-refractivity contribution is 7.89. The Hall–Kier alpha value is -2.97. The van der Waals surface area contributed by atoms with E-state index in [4.69, 9.17) is 4.42 Å². The number of hydrogen-bond acceptors (Lipinski definition) is 5. The Morgan fingerprint density at radius 2 is 1.82 bits per heavy atom. The van der Waals surface area contributed by atoms with Crippen LogP contribution in [0.4, 0.5) is 0 Å². The van der Waals surface area contributed by atoms with Crippen LogP contribution in [0.25, 0.3) is 11.0 Å². The monoisotopic (exact) mass is 395 g/mol. The van der Waals surface area contributed by atoms with E-state index in [1.165, 1.54) is 4.31 Å². The minimum atomic E-state index is -3.60. The third-order valence-electron chi connectivity index (χ3n) is 5.26. The van der Waals surface area contributed by atoms with E-state index in [1.54, 1.807) is 60.0 Å². The van der Waals surface area contributed by atoms with Crippen LogP contribution in [0.15, 0.2) is 75.5 Å². The fourth-order valence-corrected chi connectivity index (χ4v) is 5.25. The average molecular weight is 395 g/mol. The van der Waals surface area contributed by atoms with Gasteiger partial charge in [0.2, 0.25) is 10.0 Å². The number of pyridine rings is 1. The average Bonchev–Trinajstić information content (AvgIpc) is 3.41. The number of fused-ring (bicyclic) bond motifs is 1. The minimum absolute atomic E-state index is 0.0812. The SMILES string of the molecule is O=C(c1cccnc1)N1CC2=C(C1)CN(S(=O)(=O)c1ccc3occc3c1)C2. The fourth-order valence-electron chi connectivity index (χ4n) is 3.79. The molecule has 4 heterocycles. The molecule has 2 aliphatic rings. The van der Waals surface area contributed by atoms with Gasteiger partial charge in [-0.2, -0.15) is 4.31 Å². The van der Waals surface area contributed by atoms with E-state index in [1.807, 2.05) is 0 Å². The predicted molar refractivity (Wildman–Crippen MR) is 102 cm³/mol. The van der Waals surface area contributed by atoms with Gasteiger partial charge in [0.1, 0.15) is 5.58 Å². The number of nitrogens with zero attached hydrogens (tertiary/aromatic N) is 3. The Morgan fingerprint density at radius 3 is 2.54 bits per heavy atom. The van der Waals surface area contributed by atoms with Crippen LogP contribution < -0.4 is 0 Å². The number of furan rings is 1. The van der Waals surface area contributed by atoms with Crippen molar-refractivity contribution in [2.45, 2.75) is 4.90 Å². The summed E-state index contributed by atoms with van der Waals surface area (Å²) in [6.07, 6.45) is 4.72. The molecular formula is C20H17N3O4S. The number of amides is 1. The van der Waals surface area contributed by atoms with Gasteiger partial charge in [-0.25, -0.2) is 8.42 Å².